The third-order valence-corrected chi connectivity index (χ3v) is 5.28. The van der Waals surface area contributed by atoms with Gasteiger partial charge in [-0.3, -0.25) is 4.90 Å². The summed E-state index contributed by atoms with van der Waals surface area (Å²) in [5, 5.41) is 3.18. The van der Waals surface area contributed by atoms with Crippen molar-refractivity contribution in [3.63, 3.8) is 0 Å². The Morgan fingerprint density at radius 1 is 1.00 bits per heavy atom. The minimum absolute atomic E-state index is 0.198. The fraction of sp³-hybridized carbons (Fsp3) is 0.348. The summed E-state index contributed by atoms with van der Waals surface area (Å²) in [4.78, 5) is 15.4. The molecule has 3 aromatic rings. The van der Waals surface area contributed by atoms with Crippen LogP contribution in [0.15, 0.2) is 54.6 Å². The summed E-state index contributed by atoms with van der Waals surface area (Å²) >= 11 is 0. The second-order valence-electron chi connectivity index (χ2n) is 7.53. The molecule has 1 saturated heterocycles. The highest BCUT2D eigenvalue weighted by atomic mass is 16.5. The van der Waals surface area contributed by atoms with Gasteiger partial charge >= 0.3 is 0 Å². The molecule has 4 rings (SSSR count). The van der Waals surface area contributed by atoms with Crippen molar-refractivity contribution in [3.8, 4) is 5.75 Å². The first-order chi connectivity index (χ1) is 15.2. The third kappa shape index (κ3) is 5.90. The maximum absolute atomic E-state index is 6.08. The van der Waals surface area contributed by atoms with Crippen LogP contribution in [0.3, 0.4) is 0 Å². The topological polar surface area (TPSA) is 98.4 Å². The van der Waals surface area contributed by atoms with Crippen LogP contribution < -0.4 is 15.8 Å². The van der Waals surface area contributed by atoms with E-state index in [-0.39, 0.29) is 12.1 Å². The number of rotatable bonds is 8. The van der Waals surface area contributed by atoms with E-state index in [1.807, 2.05) is 42.5 Å². The molecule has 1 aromatic heterocycles. The molecule has 0 bridgehead atoms. The van der Waals surface area contributed by atoms with E-state index >= 15 is 0 Å². The van der Waals surface area contributed by atoms with Crippen LogP contribution in [0.2, 0.25) is 0 Å². The number of aromatic nitrogens is 3. The number of nitrogens with two attached hydrogens (primary N) is 1. The van der Waals surface area contributed by atoms with E-state index in [0.717, 1.165) is 31.6 Å². The number of hydrogen-bond acceptors (Lipinski definition) is 8. The van der Waals surface area contributed by atoms with Crippen molar-refractivity contribution >= 4 is 17.6 Å². The minimum atomic E-state index is 0.198. The number of para-hydroxylation sites is 2. The number of nitrogens with zero attached hydrogens (tertiary/aromatic N) is 4. The predicted octanol–water partition coefficient (Wildman–Crippen LogP) is 3.39. The van der Waals surface area contributed by atoms with Crippen LogP contribution in [0.1, 0.15) is 24.2 Å². The van der Waals surface area contributed by atoms with E-state index in [9.17, 15) is 0 Å². The molecular weight excluding hydrogens is 392 g/mol. The average Bonchev–Trinajstić information content (AvgIpc) is 2.79. The van der Waals surface area contributed by atoms with Crippen molar-refractivity contribution in [1.29, 1.82) is 0 Å². The Morgan fingerprint density at radius 3 is 2.52 bits per heavy atom. The Labute approximate surface area is 182 Å². The zero-order chi connectivity index (χ0) is 21.5. The second kappa shape index (κ2) is 10.2. The largest absolute Gasteiger partial charge is 0.495 e. The lowest BCUT2D eigenvalue weighted by atomic mass is 10.1. The van der Waals surface area contributed by atoms with Crippen LogP contribution in [-0.4, -0.2) is 46.2 Å². The number of hydrogen-bond donors (Lipinski definition) is 2. The van der Waals surface area contributed by atoms with Crippen molar-refractivity contribution < 1.29 is 9.47 Å². The smallest absolute Gasteiger partial charge is 0.232 e. The Bertz CT molecular complexity index is 977. The number of methoxy groups -OCH3 is 1. The van der Waals surface area contributed by atoms with Crippen molar-refractivity contribution in [2.75, 3.05) is 31.2 Å². The van der Waals surface area contributed by atoms with Gasteiger partial charge in [0.15, 0.2) is 0 Å². The van der Waals surface area contributed by atoms with Gasteiger partial charge in [0.1, 0.15) is 11.6 Å². The van der Waals surface area contributed by atoms with E-state index in [0.29, 0.717) is 30.7 Å². The summed E-state index contributed by atoms with van der Waals surface area (Å²) in [6, 6.07) is 17.9. The predicted molar refractivity (Wildman–Crippen MR) is 120 cm³/mol. The molecule has 8 nitrogen and oxygen atoms in total. The summed E-state index contributed by atoms with van der Waals surface area (Å²) < 4.78 is 11.5. The Morgan fingerprint density at radius 2 is 1.74 bits per heavy atom. The molecule has 162 valence electrons. The Hall–Kier alpha value is -3.23. The van der Waals surface area contributed by atoms with Crippen molar-refractivity contribution in [2.24, 2.45) is 0 Å². The lowest BCUT2D eigenvalue weighted by Gasteiger charge is -2.31. The number of ether oxygens (including phenoxy) is 2. The van der Waals surface area contributed by atoms with Gasteiger partial charge in [-0.2, -0.15) is 15.0 Å². The van der Waals surface area contributed by atoms with Crippen LogP contribution >= 0.6 is 0 Å². The van der Waals surface area contributed by atoms with Crippen LogP contribution in [0.25, 0.3) is 0 Å². The van der Waals surface area contributed by atoms with Crippen molar-refractivity contribution in [1.82, 2.24) is 19.9 Å². The van der Waals surface area contributed by atoms with Crippen LogP contribution in [-0.2, 0) is 17.9 Å². The van der Waals surface area contributed by atoms with Gasteiger partial charge in [-0.15, -0.1) is 0 Å². The molecule has 0 aliphatic carbocycles. The normalized spacial score (nSPS) is 15.0. The molecular formula is C23H28N6O2. The lowest BCUT2D eigenvalue weighted by molar-refractivity contribution is -0.00436. The van der Waals surface area contributed by atoms with Gasteiger partial charge in [-0.05, 0) is 30.5 Å². The van der Waals surface area contributed by atoms with Gasteiger partial charge in [0, 0.05) is 13.1 Å². The fourth-order valence-corrected chi connectivity index (χ4v) is 3.66. The molecule has 31 heavy (non-hydrogen) atoms. The first kappa shape index (κ1) is 21.0. The van der Waals surface area contributed by atoms with E-state index in [2.05, 4.69) is 37.3 Å². The van der Waals surface area contributed by atoms with Crippen molar-refractivity contribution in [2.45, 2.75) is 32.1 Å². The molecule has 2 heterocycles. The van der Waals surface area contributed by atoms with E-state index in [1.54, 1.807) is 7.11 Å². The average molecular weight is 421 g/mol. The highest BCUT2D eigenvalue weighted by Gasteiger charge is 2.21. The monoisotopic (exact) mass is 420 g/mol. The molecule has 0 spiro atoms. The molecule has 8 heteroatoms. The molecule has 0 radical (unpaired) electrons. The maximum atomic E-state index is 6.08. The Kier molecular flexibility index (Phi) is 6.91. The number of piperidine rings is 1. The highest BCUT2D eigenvalue weighted by Crippen LogP contribution is 2.26. The van der Waals surface area contributed by atoms with E-state index in [4.69, 9.17) is 15.2 Å². The number of nitrogen functional groups attached to an aromatic ring is 1. The summed E-state index contributed by atoms with van der Waals surface area (Å²) in [7, 11) is 1.63. The van der Waals surface area contributed by atoms with Gasteiger partial charge in [0.25, 0.3) is 0 Å². The standard InChI is InChI=1S/C23H28N6O2/c1-30-20-10-6-5-9-19(20)25-23-27-21(26-22(24)28-23)15-29-13-11-18(12-14-29)31-16-17-7-3-2-4-8-17/h2-10,18H,11-16H2,1H3,(H3,24,25,26,27,28). The molecule has 1 aliphatic heterocycles. The molecule has 2 aromatic carbocycles. The number of nitrogens with one attached hydrogen (secondary N) is 1. The van der Waals surface area contributed by atoms with Gasteiger partial charge in [0.2, 0.25) is 11.9 Å². The zero-order valence-corrected chi connectivity index (χ0v) is 17.7. The summed E-state index contributed by atoms with van der Waals surface area (Å²) in [6.45, 7) is 3.15. The number of benzene rings is 2. The summed E-state index contributed by atoms with van der Waals surface area (Å²) in [5.74, 6) is 1.96. The Balaban J connectivity index is 1.31. The first-order valence-corrected chi connectivity index (χ1v) is 10.5. The van der Waals surface area contributed by atoms with Gasteiger partial charge in [0.05, 0.1) is 32.1 Å². The maximum Gasteiger partial charge on any atom is 0.232 e. The van der Waals surface area contributed by atoms with Crippen molar-refractivity contribution in [3.05, 3.63) is 66.0 Å². The molecule has 0 amide bonds. The molecule has 0 atom stereocenters. The summed E-state index contributed by atoms with van der Waals surface area (Å²) in [5.41, 5.74) is 7.92. The van der Waals surface area contributed by atoms with E-state index < -0.39 is 0 Å². The second-order valence-corrected chi connectivity index (χ2v) is 7.53. The van der Waals surface area contributed by atoms with Gasteiger partial charge in [-0.1, -0.05) is 42.5 Å². The molecule has 1 fully saturated rings. The van der Waals surface area contributed by atoms with Gasteiger partial charge in [-0.25, -0.2) is 0 Å². The summed E-state index contributed by atoms with van der Waals surface area (Å²) in [6.07, 6.45) is 2.25. The zero-order valence-electron chi connectivity index (χ0n) is 17.7. The molecule has 0 unspecified atom stereocenters. The lowest BCUT2D eigenvalue weighted by Crippen LogP contribution is -2.37. The quantitative estimate of drug-likeness (QED) is 0.572. The first-order valence-electron chi connectivity index (χ1n) is 10.5. The third-order valence-electron chi connectivity index (χ3n) is 5.28. The van der Waals surface area contributed by atoms with Crippen LogP contribution in [0.4, 0.5) is 17.6 Å². The highest BCUT2D eigenvalue weighted by molar-refractivity contribution is 5.62. The SMILES string of the molecule is COc1ccccc1Nc1nc(N)nc(CN2CCC(OCc3ccccc3)CC2)n1. The fourth-order valence-electron chi connectivity index (χ4n) is 3.66. The molecule has 3 N–H and O–H groups in total. The van der Waals surface area contributed by atoms with Gasteiger partial charge < -0.3 is 20.5 Å². The number of anilines is 3. The van der Waals surface area contributed by atoms with E-state index in [1.165, 1.54) is 5.56 Å². The van der Waals surface area contributed by atoms with Crippen LogP contribution in [0, 0.1) is 0 Å². The molecule has 1 aliphatic rings. The number of likely N-dealkylation sites (tertiary alicyclic amines) is 1. The van der Waals surface area contributed by atoms with Crippen LogP contribution in [0.5, 0.6) is 5.75 Å². The molecule has 0 saturated carbocycles. The minimum Gasteiger partial charge on any atom is -0.495 e.